The van der Waals surface area contributed by atoms with Gasteiger partial charge in [0.15, 0.2) is 0 Å². The van der Waals surface area contributed by atoms with Gasteiger partial charge in [-0.15, -0.1) is 0 Å². The lowest BCUT2D eigenvalue weighted by Gasteiger charge is -2.05. The Bertz CT molecular complexity index is 463. The summed E-state index contributed by atoms with van der Waals surface area (Å²) < 4.78 is 0. The van der Waals surface area contributed by atoms with Crippen molar-refractivity contribution in [2.45, 2.75) is 13.0 Å². The molecule has 0 aromatic heterocycles. The molecular weight excluding hydrogens is 242 g/mol. The topological polar surface area (TPSA) is 85.2 Å². The number of nitriles is 1. The van der Waals surface area contributed by atoms with Gasteiger partial charge in [-0.25, -0.2) is 0 Å². The summed E-state index contributed by atoms with van der Waals surface area (Å²) in [5, 5.41) is 23.0. The number of aliphatic hydroxyl groups is 1. The number of hydrogen-bond acceptors (Lipinski definition) is 4. The zero-order valence-corrected chi connectivity index (χ0v) is 10.6. The summed E-state index contributed by atoms with van der Waals surface area (Å²) in [5.74, 6) is -0.414. The summed E-state index contributed by atoms with van der Waals surface area (Å²) >= 11 is 0. The van der Waals surface area contributed by atoms with Crippen LogP contribution in [0.1, 0.15) is 12.0 Å². The second-order valence-electron chi connectivity index (χ2n) is 3.87. The van der Waals surface area contributed by atoms with Gasteiger partial charge in [0.05, 0.1) is 0 Å². The fourth-order valence-electron chi connectivity index (χ4n) is 1.38. The van der Waals surface area contributed by atoms with E-state index in [2.05, 4.69) is 10.6 Å². The highest BCUT2D eigenvalue weighted by Gasteiger charge is 2.07. The van der Waals surface area contributed by atoms with Crippen molar-refractivity contribution in [3.63, 3.8) is 0 Å². The molecule has 5 nitrogen and oxygen atoms in total. The van der Waals surface area contributed by atoms with Crippen molar-refractivity contribution in [3.05, 3.63) is 47.7 Å². The minimum absolute atomic E-state index is 0.0221. The number of carbonyl (C=O) groups excluding carboxylic acids is 1. The van der Waals surface area contributed by atoms with Crippen LogP contribution >= 0.6 is 0 Å². The molecule has 0 radical (unpaired) electrons. The van der Waals surface area contributed by atoms with Crippen LogP contribution in [0.4, 0.5) is 0 Å². The van der Waals surface area contributed by atoms with E-state index in [-0.39, 0.29) is 12.2 Å². The van der Waals surface area contributed by atoms with Crippen molar-refractivity contribution >= 4 is 5.91 Å². The third kappa shape index (κ3) is 5.70. The fourth-order valence-corrected chi connectivity index (χ4v) is 1.38. The fraction of sp³-hybridized carbons (Fsp3) is 0.286. The first-order valence-electron chi connectivity index (χ1n) is 6.04. The van der Waals surface area contributed by atoms with Crippen molar-refractivity contribution in [2.24, 2.45) is 0 Å². The Morgan fingerprint density at radius 2 is 2.11 bits per heavy atom. The Hall–Kier alpha value is -2.32. The number of nitrogens with zero attached hydrogens (tertiary/aromatic N) is 1. The number of aliphatic hydroxyl groups excluding tert-OH is 1. The zero-order chi connectivity index (χ0) is 13.9. The van der Waals surface area contributed by atoms with Crippen molar-refractivity contribution in [1.82, 2.24) is 10.6 Å². The molecule has 0 aliphatic heterocycles. The molecule has 1 aromatic carbocycles. The molecule has 0 unspecified atom stereocenters. The van der Waals surface area contributed by atoms with E-state index in [0.717, 1.165) is 5.56 Å². The first-order valence-corrected chi connectivity index (χ1v) is 6.04. The molecule has 19 heavy (non-hydrogen) atoms. The van der Waals surface area contributed by atoms with E-state index >= 15 is 0 Å². The van der Waals surface area contributed by atoms with Gasteiger partial charge < -0.3 is 15.7 Å². The van der Waals surface area contributed by atoms with E-state index in [0.29, 0.717) is 19.5 Å². The highest BCUT2D eigenvalue weighted by molar-refractivity contribution is 5.97. The molecule has 0 heterocycles. The maximum Gasteiger partial charge on any atom is 0.263 e. The Balaban J connectivity index is 2.44. The van der Waals surface area contributed by atoms with Gasteiger partial charge in [-0.2, -0.15) is 5.26 Å². The predicted molar refractivity (Wildman–Crippen MR) is 71.7 cm³/mol. The molecule has 0 fully saturated rings. The molecule has 0 aliphatic rings. The Kier molecular flexibility index (Phi) is 6.77. The van der Waals surface area contributed by atoms with Crippen LogP contribution in [0.15, 0.2) is 42.1 Å². The summed E-state index contributed by atoms with van der Waals surface area (Å²) in [6, 6.07) is 11.3. The maximum atomic E-state index is 11.7. The van der Waals surface area contributed by atoms with Crippen LogP contribution in [-0.2, 0) is 11.3 Å². The van der Waals surface area contributed by atoms with E-state index in [1.165, 1.54) is 6.20 Å². The smallest absolute Gasteiger partial charge is 0.263 e. The van der Waals surface area contributed by atoms with Crippen LogP contribution in [0, 0.1) is 11.3 Å². The van der Waals surface area contributed by atoms with E-state index in [1.807, 2.05) is 36.4 Å². The number of amides is 1. The summed E-state index contributed by atoms with van der Waals surface area (Å²) in [4.78, 5) is 11.7. The normalized spacial score (nSPS) is 10.6. The van der Waals surface area contributed by atoms with Crippen LogP contribution in [0.5, 0.6) is 0 Å². The molecule has 0 aliphatic carbocycles. The van der Waals surface area contributed by atoms with Crippen molar-refractivity contribution < 1.29 is 9.90 Å². The quantitative estimate of drug-likeness (QED) is 0.382. The largest absolute Gasteiger partial charge is 0.396 e. The van der Waals surface area contributed by atoms with Crippen molar-refractivity contribution in [2.75, 3.05) is 13.2 Å². The molecule has 0 atom stereocenters. The molecule has 100 valence electrons. The van der Waals surface area contributed by atoms with Gasteiger partial charge in [0.25, 0.3) is 5.91 Å². The van der Waals surface area contributed by atoms with Gasteiger partial charge in [-0.05, 0) is 12.0 Å². The standard InChI is InChI=1S/C14H17N3O2/c15-9-13(11-16-7-4-8-18)14(19)17-10-12-5-2-1-3-6-12/h1-3,5-6,11,16,18H,4,7-8,10H2,(H,17,19)/b13-11-. The number of nitrogens with one attached hydrogen (secondary N) is 2. The third-order valence-corrected chi connectivity index (χ3v) is 2.39. The number of rotatable bonds is 7. The molecule has 0 saturated carbocycles. The van der Waals surface area contributed by atoms with Crippen LogP contribution in [0.3, 0.4) is 0 Å². The van der Waals surface area contributed by atoms with Crippen LogP contribution in [0.25, 0.3) is 0 Å². The van der Waals surface area contributed by atoms with Gasteiger partial charge in [0.1, 0.15) is 11.6 Å². The predicted octanol–water partition coefficient (Wildman–Crippen LogP) is 0.682. The van der Waals surface area contributed by atoms with Crippen molar-refractivity contribution in [3.8, 4) is 6.07 Å². The van der Waals surface area contributed by atoms with Gasteiger partial charge in [-0.3, -0.25) is 4.79 Å². The lowest BCUT2D eigenvalue weighted by molar-refractivity contribution is -0.117. The zero-order valence-electron chi connectivity index (χ0n) is 10.6. The molecule has 5 heteroatoms. The molecule has 1 aromatic rings. The number of benzene rings is 1. The summed E-state index contributed by atoms with van der Waals surface area (Å²) in [7, 11) is 0. The van der Waals surface area contributed by atoms with E-state index in [9.17, 15) is 4.79 Å². The highest BCUT2D eigenvalue weighted by Crippen LogP contribution is 1.98. The second kappa shape index (κ2) is 8.72. The van der Waals surface area contributed by atoms with E-state index in [4.69, 9.17) is 10.4 Å². The van der Waals surface area contributed by atoms with Crippen LogP contribution < -0.4 is 10.6 Å². The molecule has 3 N–H and O–H groups in total. The van der Waals surface area contributed by atoms with Gasteiger partial charge in [0.2, 0.25) is 0 Å². The molecule has 1 amide bonds. The minimum Gasteiger partial charge on any atom is -0.396 e. The lowest BCUT2D eigenvalue weighted by atomic mass is 10.2. The summed E-state index contributed by atoms with van der Waals surface area (Å²) in [6.07, 6.45) is 1.94. The monoisotopic (exact) mass is 259 g/mol. The number of carbonyl (C=O) groups is 1. The lowest BCUT2D eigenvalue weighted by Crippen LogP contribution is -2.25. The molecular formula is C14H17N3O2. The number of hydrogen-bond donors (Lipinski definition) is 3. The SMILES string of the molecule is N#C/C(=C/NCCCO)C(=O)NCc1ccccc1. The van der Waals surface area contributed by atoms with E-state index in [1.54, 1.807) is 0 Å². The molecule has 0 bridgehead atoms. The van der Waals surface area contributed by atoms with Crippen LogP contribution in [-0.4, -0.2) is 24.2 Å². The average Bonchev–Trinajstić information content (AvgIpc) is 2.46. The first-order chi connectivity index (χ1) is 9.27. The average molecular weight is 259 g/mol. The highest BCUT2D eigenvalue weighted by atomic mass is 16.3. The molecule has 1 rings (SSSR count). The Labute approximate surface area is 112 Å². The second-order valence-corrected chi connectivity index (χ2v) is 3.87. The summed E-state index contributed by atoms with van der Waals surface area (Å²) in [5.41, 5.74) is 0.996. The Morgan fingerprint density at radius 1 is 1.37 bits per heavy atom. The summed E-state index contributed by atoms with van der Waals surface area (Å²) in [6.45, 7) is 0.978. The van der Waals surface area contributed by atoms with Gasteiger partial charge in [0, 0.05) is 25.9 Å². The van der Waals surface area contributed by atoms with Crippen LogP contribution in [0.2, 0.25) is 0 Å². The van der Waals surface area contributed by atoms with Gasteiger partial charge in [-0.1, -0.05) is 30.3 Å². The molecule has 0 saturated heterocycles. The van der Waals surface area contributed by atoms with Crippen molar-refractivity contribution in [1.29, 1.82) is 5.26 Å². The third-order valence-electron chi connectivity index (χ3n) is 2.39. The maximum absolute atomic E-state index is 11.7. The Morgan fingerprint density at radius 3 is 2.74 bits per heavy atom. The van der Waals surface area contributed by atoms with E-state index < -0.39 is 5.91 Å². The molecule has 0 spiro atoms. The first kappa shape index (κ1) is 14.7. The van der Waals surface area contributed by atoms with Gasteiger partial charge >= 0.3 is 0 Å². The minimum atomic E-state index is -0.414.